The summed E-state index contributed by atoms with van der Waals surface area (Å²) in [5, 5.41) is 3.09. The highest BCUT2D eigenvalue weighted by Crippen LogP contribution is 2.36. The predicted molar refractivity (Wildman–Crippen MR) is 70.5 cm³/mol. The Bertz CT molecular complexity index is 421. The molecule has 0 radical (unpaired) electrons. The van der Waals surface area contributed by atoms with Crippen LogP contribution < -0.4 is 10.8 Å². The van der Waals surface area contributed by atoms with Gasteiger partial charge >= 0.3 is 7.12 Å². The van der Waals surface area contributed by atoms with Gasteiger partial charge in [-0.05, 0) is 34.7 Å². The zero-order valence-corrected chi connectivity index (χ0v) is 11.7. The molecule has 6 heteroatoms. The third-order valence-corrected chi connectivity index (χ3v) is 3.68. The van der Waals surface area contributed by atoms with Crippen LogP contribution in [0.1, 0.15) is 33.4 Å². The first kappa shape index (κ1) is 13.5. The molecule has 2 rings (SSSR count). The third-order valence-electron chi connectivity index (χ3n) is 3.68. The lowest BCUT2D eigenvalue weighted by atomic mass is 9.79. The van der Waals surface area contributed by atoms with Crippen LogP contribution in [0.4, 0.5) is 0 Å². The minimum atomic E-state index is -0.403. The zero-order chi connectivity index (χ0) is 13.4. The molecule has 2 heterocycles. The lowest BCUT2D eigenvalue weighted by Gasteiger charge is -2.32. The fourth-order valence-corrected chi connectivity index (χ4v) is 1.85. The van der Waals surface area contributed by atoms with E-state index in [-0.39, 0.29) is 11.2 Å². The molecule has 1 fully saturated rings. The van der Waals surface area contributed by atoms with Crippen LogP contribution in [0.25, 0.3) is 0 Å². The second-order valence-electron chi connectivity index (χ2n) is 5.54. The molecule has 18 heavy (non-hydrogen) atoms. The van der Waals surface area contributed by atoms with Gasteiger partial charge in [0.2, 0.25) is 0 Å². The summed E-state index contributed by atoms with van der Waals surface area (Å²) >= 11 is 0. The van der Waals surface area contributed by atoms with Gasteiger partial charge < -0.3 is 14.6 Å². The van der Waals surface area contributed by atoms with Crippen molar-refractivity contribution in [3.8, 4) is 0 Å². The summed E-state index contributed by atoms with van der Waals surface area (Å²) < 4.78 is 12.0. The molecule has 1 aliphatic heterocycles. The first-order valence-corrected chi connectivity index (χ1v) is 6.16. The van der Waals surface area contributed by atoms with Gasteiger partial charge in [-0.2, -0.15) is 0 Å². The van der Waals surface area contributed by atoms with Crippen LogP contribution in [-0.2, 0) is 15.9 Å². The Labute approximate surface area is 108 Å². The van der Waals surface area contributed by atoms with Crippen molar-refractivity contribution in [2.75, 3.05) is 7.05 Å². The van der Waals surface area contributed by atoms with Gasteiger partial charge in [0.05, 0.1) is 16.9 Å². The Morgan fingerprint density at radius 1 is 1.22 bits per heavy atom. The molecule has 1 saturated heterocycles. The second kappa shape index (κ2) is 4.61. The predicted octanol–water partition coefficient (Wildman–Crippen LogP) is 0.495. The quantitative estimate of drug-likeness (QED) is 0.790. The molecule has 1 aromatic rings. The molecule has 5 nitrogen and oxygen atoms in total. The Kier molecular flexibility index (Phi) is 3.44. The van der Waals surface area contributed by atoms with E-state index in [1.165, 1.54) is 0 Å². The topological polar surface area (TPSA) is 56.3 Å². The Balaban J connectivity index is 2.29. The molecule has 0 amide bonds. The number of hydrogen-bond acceptors (Lipinski definition) is 5. The van der Waals surface area contributed by atoms with Gasteiger partial charge in [0, 0.05) is 18.2 Å². The normalized spacial score (nSPS) is 21.3. The molecule has 0 unspecified atom stereocenters. The number of nitrogens with one attached hydrogen (secondary N) is 1. The molecule has 0 bridgehead atoms. The first-order chi connectivity index (χ1) is 8.37. The largest absolute Gasteiger partial charge is 0.498 e. The van der Waals surface area contributed by atoms with Crippen LogP contribution in [0, 0.1) is 0 Å². The van der Waals surface area contributed by atoms with Crippen molar-refractivity contribution in [3.63, 3.8) is 0 Å². The average Bonchev–Trinajstić information content (AvgIpc) is 2.49. The monoisotopic (exact) mass is 249 g/mol. The van der Waals surface area contributed by atoms with Gasteiger partial charge in [-0.15, -0.1) is 0 Å². The minimum Gasteiger partial charge on any atom is -0.399 e. The van der Waals surface area contributed by atoms with Crippen LogP contribution in [0.5, 0.6) is 0 Å². The molecule has 0 saturated carbocycles. The maximum atomic E-state index is 6.01. The van der Waals surface area contributed by atoms with E-state index < -0.39 is 7.12 Å². The van der Waals surface area contributed by atoms with E-state index in [0.29, 0.717) is 6.54 Å². The summed E-state index contributed by atoms with van der Waals surface area (Å²) in [5.41, 5.74) is 1.12. The second-order valence-corrected chi connectivity index (χ2v) is 5.54. The molecule has 0 aromatic carbocycles. The van der Waals surface area contributed by atoms with E-state index in [1.807, 2.05) is 34.7 Å². The zero-order valence-electron chi connectivity index (χ0n) is 11.7. The highest BCUT2D eigenvalue weighted by Gasteiger charge is 2.52. The van der Waals surface area contributed by atoms with Gasteiger partial charge in [-0.1, -0.05) is 0 Å². The maximum absolute atomic E-state index is 6.01. The van der Waals surface area contributed by atoms with E-state index in [4.69, 9.17) is 9.31 Å². The van der Waals surface area contributed by atoms with Crippen LogP contribution in [0.3, 0.4) is 0 Å². The number of rotatable bonds is 3. The smallest absolute Gasteiger partial charge is 0.399 e. The summed E-state index contributed by atoms with van der Waals surface area (Å²) in [7, 11) is 1.48. The van der Waals surface area contributed by atoms with E-state index >= 15 is 0 Å². The number of aromatic nitrogens is 2. The molecule has 0 spiro atoms. The van der Waals surface area contributed by atoms with Crippen molar-refractivity contribution in [2.45, 2.75) is 45.4 Å². The van der Waals surface area contributed by atoms with Crippen LogP contribution in [0.2, 0.25) is 0 Å². The molecular formula is C12H20BN3O2. The van der Waals surface area contributed by atoms with E-state index in [2.05, 4.69) is 15.3 Å². The Morgan fingerprint density at radius 2 is 1.83 bits per heavy atom. The average molecular weight is 249 g/mol. The van der Waals surface area contributed by atoms with Crippen molar-refractivity contribution in [1.82, 2.24) is 15.3 Å². The lowest BCUT2D eigenvalue weighted by Crippen LogP contribution is -2.41. The SMILES string of the molecule is CNCc1ncncc1B1OC(C)(C)C(C)(C)O1. The molecule has 0 atom stereocenters. The van der Waals surface area contributed by atoms with E-state index in [0.717, 1.165) is 11.2 Å². The molecule has 0 aliphatic carbocycles. The highest BCUT2D eigenvalue weighted by molar-refractivity contribution is 6.62. The van der Waals surface area contributed by atoms with E-state index in [9.17, 15) is 0 Å². The molecule has 1 N–H and O–H groups in total. The van der Waals surface area contributed by atoms with Crippen molar-refractivity contribution in [2.24, 2.45) is 0 Å². The molecule has 1 aliphatic rings. The summed E-state index contributed by atoms with van der Waals surface area (Å²) in [6.07, 6.45) is 3.31. The fraction of sp³-hybridized carbons (Fsp3) is 0.667. The minimum absolute atomic E-state index is 0.343. The van der Waals surface area contributed by atoms with Crippen molar-refractivity contribution in [3.05, 3.63) is 18.2 Å². The maximum Gasteiger partial charge on any atom is 0.498 e. The summed E-state index contributed by atoms with van der Waals surface area (Å²) in [5.74, 6) is 0. The fourth-order valence-electron chi connectivity index (χ4n) is 1.85. The van der Waals surface area contributed by atoms with Crippen LogP contribution in [-0.4, -0.2) is 35.3 Å². The van der Waals surface area contributed by atoms with Crippen LogP contribution >= 0.6 is 0 Å². The third kappa shape index (κ3) is 2.28. The lowest BCUT2D eigenvalue weighted by molar-refractivity contribution is 0.00578. The Hall–Kier alpha value is -0.975. The molecule has 98 valence electrons. The summed E-state index contributed by atoms with van der Waals surface area (Å²) in [4.78, 5) is 8.34. The first-order valence-electron chi connectivity index (χ1n) is 6.16. The van der Waals surface area contributed by atoms with Crippen LogP contribution in [0.15, 0.2) is 12.5 Å². The van der Waals surface area contributed by atoms with Gasteiger partial charge in [0.15, 0.2) is 0 Å². The van der Waals surface area contributed by atoms with Crippen molar-refractivity contribution >= 4 is 12.6 Å². The molecule has 1 aromatic heterocycles. The van der Waals surface area contributed by atoms with Crippen molar-refractivity contribution < 1.29 is 9.31 Å². The summed E-state index contributed by atoms with van der Waals surface area (Å²) in [6, 6.07) is 0. The van der Waals surface area contributed by atoms with Gasteiger partial charge in [0.1, 0.15) is 6.33 Å². The highest BCUT2D eigenvalue weighted by atomic mass is 16.7. The number of hydrogen-bond donors (Lipinski definition) is 1. The van der Waals surface area contributed by atoms with Gasteiger partial charge in [-0.25, -0.2) is 9.97 Å². The standard InChI is InChI=1S/C12H20BN3O2/c1-11(2)12(3,4)18-13(17-11)9-6-15-8-16-10(9)7-14-5/h6,8,14H,7H2,1-5H3. The van der Waals surface area contributed by atoms with Crippen molar-refractivity contribution in [1.29, 1.82) is 0 Å². The van der Waals surface area contributed by atoms with Gasteiger partial charge in [0.25, 0.3) is 0 Å². The summed E-state index contributed by atoms with van der Waals surface area (Å²) in [6.45, 7) is 8.81. The Morgan fingerprint density at radius 3 is 2.39 bits per heavy atom. The van der Waals surface area contributed by atoms with E-state index in [1.54, 1.807) is 12.5 Å². The number of nitrogens with zero attached hydrogens (tertiary/aromatic N) is 2. The molecular weight excluding hydrogens is 229 g/mol. The van der Waals surface area contributed by atoms with Gasteiger partial charge in [-0.3, -0.25) is 0 Å².